The van der Waals surface area contributed by atoms with Crippen LogP contribution in [0.5, 0.6) is 0 Å². The zero-order valence-corrected chi connectivity index (χ0v) is 18.5. The van der Waals surface area contributed by atoms with Gasteiger partial charge >= 0.3 is 0 Å². The van der Waals surface area contributed by atoms with Crippen molar-refractivity contribution >= 4 is 57.6 Å². The largest absolute Gasteiger partial charge is 0.362 e. The van der Waals surface area contributed by atoms with E-state index in [9.17, 15) is 9.59 Å². The summed E-state index contributed by atoms with van der Waals surface area (Å²) in [7, 11) is 0. The number of hydrogen-bond donors (Lipinski definition) is 0. The molecule has 1 aromatic heterocycles. The highest BCUT2D eigenvalue weighted by Crippen LogP contribution is 2.38. The fourth-order valence-electron chi connectivity index (χ4n) is 3.47. The first-order chi connectivity index (χ1) is 14.5. The minimum atomic E-state index is -0.362. The molecule has 0 aliphatic carbocycles. The Morgan fingerprint density at radius 1 is 0.933 bits per heavy atom. The molecule has 0 spiro atoms. The second kappa shape index (κ2) is 8.64. The summed E-state index contributed by atoms with van der Waals surface area (Å²) in [6.45, 7) is 3.07. The van der Waals surface area contributed by atoms with Crippen molar-refractivity contribution in [3.05, 3.63) is 92.2 Å². The maximum atomic E-state index is 13.5. The Labute approximate surface area is 188 Å². The number of carbonyl (C=O) groups is 2. The first-order valence-corrected chi connectivity index (χ1v) is 11.1. The van der Waals surface area contributed by atoms with E-state index in [4.69, 9.17) is 23.2 Å². The Morgan fingerprint density at radius 3 is 2.33 bits per heavy atom. The molecule has 1 aliphatic heterocycles. The minimum absolute atomic E-state index is 0.289. The van der Waals surface area contributed by atoms with Crippen molar-refractivity contribution in [3.63, 3.8) is 0 Å². The van der Waals surface area contributed by atoms with Gasteiger partial charge in [0.15, 0.2) is 0 Å². The summed E-state index contributed by atoms with van der Waals surface area (Å²) in [5.41, 5.74) is 2.28. The topological polar surface area (TPSA) is 40.6 Å². The van der Waals surface area contributed by atoms with E-state index in [0.29, 0.717) is 35.1 Å². The molecule has 2 heterocycles. The fourth-order valence-corrected chi connectivity index (χ4v) is 4.52. The Bertz CT molecular complexity index is 1130. The van der Waals surface area contributed by atoms with E-state index in [-0.39, 0.29) is 16.8 Å². The van der Waals surface area contributed by atoms with Gasteiger partial charge < -0.3 is 4.90 Å². The number of carbonyl (C=O) groups excluding carboxylic acids is 2. The second-order valence-corrected chi connectivity index (χ2v) is 8.51. The van der Waals surface area contributed by atoms with Gasteiger partial charge in [0.2, 0.25) is 0 Å². The Hall–Kier alpha value is -2.60. The number of nitrogens with zero attached hydrogens (tertiary/aromatic N) is 2. The van der Waals surface area contributed by atoms with Gasteiger partial charge in [-0.25, -0.2) is 4.90 Å². The van der Waals surface area contributed by atoms with E-state index >= 15 is 0 Å². The van der Waals surface area contributed by atoms with Crippen molar-refractivity contribution < 1.29 is 9.59 Å². The lowest BCUT2D eigenvalue weighted by molar-refractivity contribution is -0.120. The molecule has 0 unspecified atom stereocenters. The first kappa shape index (κ1) is 20.7. The Kier molecular flexibility index (Phi) is 5.95. The van der Waals surface area contributed by atoms with Gasteiger partial charge in [-0.2, -0.15) is 0 Å². The molecule has 4 nitrogen and oxygen atoms in total. The molecule has 7 heteroatoms. The number of benzene rings is 2. The predicted octanol–water partition coefficient (Wildman–Crippen LogP) is 5.86. The molecule has 0 atom stereocenters. The molecule has 0 saturated heterocycles. The standard InChI is InChI=1S/C23H18Cl2N2O2S/c1-2-26(14-15-7-4-3-5-8-15)21-20(19-9-6-12-30-19)22(28)27(23(21)29)16-10-11-17(24)18(25)13-16/h3-13H,2,14H2,1H3. The molecule has 2 aromatic carbocycles. The van der Waals surface area contributed by atoms with E-state index in [1.165, 1.54) is 16.2 Å². The molecular formula is C23H18Cl2N2O2S. The van der Waals surface area contributed by atoms with Crippen LogP contribution in [0.15, 0.2) is 71.7 Å². The SMILES string of the molecule is CCN(Cc1ccccc1)C1=C(c2cccs2)C(=O)N(c2ccc(Cl)c(Cl)c2)C1=O. The third kappa shape index (κ3) is 3.76. The fraction of sp³-hybridized carbons (Fsp3) is 0.130. The van der Waals surface area contributed by atoms with Crippen molar-refractivity contribution in [2.75, 3.05) is 11.4 Å². The predicted molar refractivity (Wildman–Crippen MR) is 123 cm³/mol. The number of anilines is 1. The second-order valence-electron chi connectivity index (χ2n) is 6.74. The van der Waals surface area contributed by atoms with Crippen LogP contribution in [0.2, 0.25) is 10.0 Å². The summed E-state index contributed by atoms with van der Waals surface area (Å²) >= 11 is 13.6. The van der Waals surface area contributed by atoms with Crippen molar-refractivity contribution in [2.45, 2.75) is 13.5 Å². The van der Waals surface area contributed by atoms with Gasteiger partial charge in [0.05, 0.1) is 21.3 Å². The lowest BCUT2D eigenvalue weighted by Gasteiger charge is -2.25. The highest BCUT2D eigenvalue weighted by molar-refractivity contribution is 7.11. The smallest absolute Gasteiger partial charge is 0.282 e. The zero-order chi connectivity index (χ0) is 21.3. The number of amides is 2. The van der Waals surface area contributed by atoms with Gasteiger partial charge in [0, 0.05) is 18.0 Å². The first-order valence-electron chi connectivity index (χ1n) is 9.42. The van der Waals surface area contributed by atoms with Gasteiger partial charge in [-0.15, -0.1) is 11.3 Å². The zero-order valence-electron chi connectivity index (χ0n) is 16.1. The number of imide groups is 1. The molecule has 0 saturated carbocycles. The maximum Gasteiger partial charge on any atom is 0.282 e. The monoisotopic (exact) mass is 456 g/mol. The molecule has 30 heavy (non-hydrogen) atoms. The molecule has 3 aromatic rings. The third-order valence-electron chi connectivity index (χ3n) is 4.90. The van der Waals surface area contributed by atoms with Crippen LogP contribution in [-0.4, -0.2) is 23.3 Å². The summed E-state index contributed by atoms with van der Waals surface area (Å²) < 4.78 is 0. The molecule has 0 bridgehead atoms. The Balaban J connectivity index is 1.80. The number of likely N-dealkylation sites (N-methyl/N-ethyl adjacent to an activating group) is 1. The van der Waals surface area contributed by atoms with Crippen LogP contribution in [0.3, 0.4) is 0 Å². The van der Waals surface area contributed by atoms with Crippen LogP contribution < -0.4 is 4.90 Å². The average Bonchev–Trinajstić information content (AvgIpc) is 3.35. The molecule has 0 radical (unpaired) electrons. The average molecular weight is 457 g/mol. The normalized spacial score (nSPS) is 14.0. The highest BCUT2D eigenvalue weighted by Gasteiger charge is 2.42. The maximum absolute atomic E-state index is 13.5. The number of thiophene rings is 1. The van der Waals surface area contributed by atoms with Crippen molar-refractivity contribution in [1.82, 2.24) is 4.90 Å². The van der Waals surface area contributed by atoms with Crippen LogP contribution >= 0.6 is 34.5 Å². The van der Waals surface area contributed by atoms with Crippen LogP contribution in [0, 0.1) is 0 Å². The quantitative estimate of drug-likeness (QED) is 0.436. The van der Waals surface area contributed by atoms with Crippen molar-refractivity contribution in [2.24, 2.45) is 0 Å². The molecule has 2 amide bonds. The van der Waals surface area contributed by atoms with Gasteiger partial charge in [0.1, 0.15) is 5.70 Å². The van der Waals surface area contributed by atoms with Crippen LogP contribution in [0.25, 0.3) is 5.57 Å². The van der Waals surface area contributed by atoms with Crippen molar-refractivity contribution in [1.29, 1.82) is 0 Å². The van der Waals surface area contributed by atoms with E-state index in [0.717, 1.165) is 10.4 Å². The van der Waals surface area contributed by atoms with E-state index in [1.807, 2.05) is 59.7 Å². The number of hydrogen-bond acceptors (Lipinski definition) is 4. The molecule has 0 N–H and O–H groups in total. The lowest BCUT2D eigenvalue weighted by atomic mass is 10.1. The minimum Gasteiger partial charge on any atom is -0.362 e. The van der Waals surface area contributed by atoms with Gasteiger partial charge in [0.25, 0.3) is 11.8 Å². The molecular weight excluding hydrogens is 439 g/mol. The summed E-state index contributed by atoms with van der Waals surface area (Å²) in [5, 5.41) is 2.55. The third-order valence-corrected chi connectivity index (χ3v) is 6.53. The lowest BCUT2D eigenvalue weighted by Crippen LogP contribution is -2.35. The highest BCUT2D eigenvalue weighted by atomic mass is 35.5. The summed E-state index contributed by atoms with van der Waals surface area (Å²) in [5.74, 6) is -0.720. The van der Waals surface area contributed by atoms with E-state index in [2.05, 4.69) is 0 Å². The van der Waals surface area contributed by atoms with Gasteiger partial charge in [-0.3, -0.25) is 9.59 Å². The number of rotatable bonds is 6. The summed E-state index contributed by atoms with van der Waals surface area (Å²) in [4.78, 5) is 30.9. The van der Waals surface area contributed by atoms with Gasteiger partial charge in [-0.05, 0) is 42.1 Å². The molecule has 4 rings (SSSR count). The van der Waals surface area contributed by atoms with Crippen LogP contribution in [0.1, 0.15) is 17.4 Å². The summed E-state index contributed by atoms with van der Waals surface area (Å²) in [6, 6.07) is 18.4. The van der Waals surface area contributed by atoms with Crippen LogP contribution in [0.4, 0.5) is 5.69 Å². The molecule has 0 fully saturated rings. The Morgan fingerprint density at radius 2 is 1.70 bits per heavy atom. The van der Waals surface area contributed by atoms with Crippen LogP contribution in [-0.2, 0) is 16.1 Å². The van der Waals surface area contributed by atoms with Gasteiger partial charge in [-0.1, -0.05) is 59.6 Å². The van der Waals surface area contributed by atoms with E-state index < -0.39 is 0 Å². The molecule has 152 valence electrons. The summed E-state index contributed by atoms with van der Waals surface area (Å²) in [6.07, 6.45) is 0. The molecule has 1 aliphatic rings. The van der Waals surface area contributed by atoms with E-state index in [1.54, 1.807) is 18.2 Å². The number of halogens is 2. The van der Waals surface area contributed by atoms with Crippen molar-refractivity contribution in [3.8, 4) is 0 Å².